The maximum Gasteiger partial charge on any atom is 0.339 e. The molecular formula is C18H16ClN3O4S2. The van der Waals surface area contributed by atoms with Gasteiger partial charge in [-0.15, -0.1) is 5.10 Å². The van der Waals surface area contributed by atoms with Crippen molar-refractivity contribution in [1.82, 2.24) is 5.32 Å². The number of nitrogens with one attached hydrogen (secondary N) is 1. The minimum atomic E-state index is -3.98. The molecule has 7 nitrogen and oxygen atoms in total. The third kappa shape index (κ3) is 5.12. The van der Waals surface area contributed by atoms with Crippen LogP contribution in [0.15, 0.2) is 63.6 Å². The van der Waals surface area contributed by atoms with Crippen molar-refractivity contribution in [1.29, 1.82) is 0 Å². The number of carbonyl (C=O) groups excluding carboxylic acids is 1. The summed E-state index contributed by atoms with van der Waals surface area (Å²) in [6.07, 6.45) is 2.15. The first-order chi connectivity index (χ1) is 13.4. The van der Waals surface area contributed by atoms with Crippen LogP contribution < -0.4 is 9.50 Å². The van der Waals surface area contributed by atoms with E-state index in [0.717, 1.165) is 0 Å². The number of hydrogen-bond donors (Lipinski definition) is 1. The van der Waals surface area contributed by atoms with Crippen molar-refractivity contribution in [3.63, 3.8) is 0 Å². The molecule has 1 heterocycles. The van der Waals surface area contributed by atoms with Gasteiger partial charge in [0.1, 0.15) is 10.6 Å². The Hall–Kier alpha value is -2.36. The van der Waals surface area contributed by atoms with E-state index >= 15 is 0 Å². The molecule has 1 aliphatic heterocycles. The average molecular weight is 438 g/mol. The Balaban J connectivity index is 1.70. The zero-order valence-corrected chi connectivity index (χ0v) is 17.1. The lowest BCUT2D eigenvalue weighted by Gasteiger charge is -2.07. The van der Waals surface area contributed by atoms with Gasteiger partial charge in [0.15, 0.2) is 5.17 Å². The highest BCUT2D eigenvalue weighted by Crippen LogP contribution is 2.22. The largest absolute Gasteiger partial charge is 0.379 e. The third-order valence-electron chi connectivity index (χ3n) is 3.67. The summed E-state index contributed by atoms with van der Waals surface area (Å²) in [6, 6.07) is 12.1. The number of carbonyl (C=O) groups is 1. The van der Waals surface area contributed by atoms with Crippen LogP contribution >= 0.6 is 23.4 Å². The summed E-state index contributed by atoms with van der Waals surface area (Å²) < 4.78 is 29.8. The van der Waals surface area contributed by atoms with Crippen LogP contribution in [0, 0.1) is 0 Å². The molecule has 146 valence electrons. The Kier molecular flexibility index (Phi) is 6.38. The van der Waals surface area contributed by atoms with Crippen LogP contribution in [0.2, 0.25) is 5.02 Å². The fraction of sp³-hybridized carbons (Fsp3) is 0.167. The molecule has 0 unspecified atom stereocenters. The molecule has 3 rings (SSSR count). The second-order valence-corrected chi connectivity index (χ2v) is 8.89. The lowest BCUT2D eigenvalue weighted by atomic mass is 10.2. The molecule has 0 aromatic heterocycles. The molecule has 1 aliphatic rings. The summed E-state index contributed by atoms with van der Waals surface area (Å²) in [5, 5.41) is 11.3. The molecule has 0 aliphatic carbocycles. The van der Waals surface area contributed by atoms with Gasteiger partial charge >= 0.3 is 10.1 Å². The van der Waals surface area contributed by atoms with Gasteiger partial charge in [0.05, 0.1) is 11.5 Å². The summed E-state index contributed by atoms with van der Waals surface area (Å²) >= 11 is 7.10. The number of halogens is 1. The summed E-state index contributed by atoms with van der Waals surface area (Å²) in [4.78, 5) is 11.6. The molecular weight excluding hydrogens is 422 g/mol. The van der Waals surface area contributed by atoms with E-state index in [1.54, 1.807) is 12.1 Å². The smallest absolute Gasteiger partial charge is 0.339 e. The van der Waals surface area contributed by atoms with Crippen LogP contribution in [0.25, 0.3) is 0 Å². The van der Waals surface area contributed by atoms with Crippen LogP contribution in [-0.2, 0) is 14.9 Å². The van der Waals surface area contributed by atoms with Crippen molar-refractivity contribution in [3.8, 4) is 5.75 Å². The van der Waals surface area contributed by atoms with Gasteiger partial charge in [-0.1, -0.05) is 42.4 Å². The molecule has 0 spiro atoms. The van der Waals surface area contributed by atoms with Crippen molar-refractivity contribution >= 4 is 50.8 Å². The predicted molar refractivity (Wildman–Crippen MR) is 111 cm³/mol. The maximum absolute atomic E-state index is 12.3. The van der Waals surface area contributed by atoms with Crippen molar-refractivity contribution in [2.75, 3.05) is 0 Å². The number of nitrogens with zero attached hydrogens (tertiary/aromatic N) is 2. The van der Waals surface area contributed by atoms with E-state index < -0.39 is 10.1 Å². The fourth-order valence-electron chi connectivity index (χ4n) is 2.29. The van der Waals surface area contributed by atoms with Crippen LogP contribution in [-0.4, -0.2) is 31.0 Å². The number of benzene rings is 2. The van der Waals surface area contributed by atoms with Gasteiger partial charge in [0, 0.05) is 5.02 Å². The summed E-state index contributed by atoms with van der Waals surface area (Å²) in [5.74, 6) is 0.0606. The van der Waals surface area contributed by atoms with E-state index in [9.17, 15) is 13.2 Å². The van der Waals surface area contributed by atoms with Gasteiger partial charge in [-0.2, -0.15) is 13.5 Å². The lowest BCUT2D eigenvalue weighted by Crippen LogP contribution is -2.24. The van der Waals surface area contributed by atoms with Crippen molar-refractivity contribution in [2.24, 2.45) is 10.2 Å². The highest BCUT2D eigenvalue weighted by molar-refractivity contribution is 8.15. The zero-order valence-electron chi connectivity index (χ0n) is 14.7. The third-order valence-corrected chi connectivity index (χ3v) is 6.42. The van der Waals surface area contributed by atoms with E-state index in [4.69, 9.17) is 15.8 Å². The fourth-order valence-corrected chi connectivity index (χ4v) is 4.20. The minimum Gasteiger partial charge on any atom is -0.379 e. The minimum absolute atomic E-state index is 0.00171. The molecule has 2 aromatic carbocycles. The number of hydrogen-bond acceptors (Lipinski definition) is 7. The van der Waals surface area contributed by atoms with Crippen LogP contribution in [0.1, 0.15) is 18.9 Å². The highest BCUT2D eigenvalue weighted by Gasteiger charge is 2.28. The van der Waals surface area contributed by atoms with Crippen LogP contribution in [0.3, 0.4) is 0 Å². The molecule has 0 saturated carbocycles. The van der Waals surface area contributed by atoms with Crippen LogP contribution in [0.4, 0.5) is 0 Å². The topological polar surface area (TPSA) is 97.2 Å². The van der Waals surface area contributed by atoms with Gasteiger partial charge in [-0.05, 0) is 48.4 Å². The average Bonchev–Trinajstić information content (AvgIpc) is 3.02. The Labute approximate surface area is 172 Å². The molecule has 1 amide bonds. The molecule has 28 heavy (non-hydrogen) atoms. The first-order valence-electron chi connectivity index (χ1n) is 8.26. The molecule has 1 atom stereocenters. The van der Waals surface area contributed by atoms with Gasteiger partial charge in [-0.3, -0.25) is 4.79 Å². The first-order valence-corrected chi connectivity index (χ1v) is 10.9. The van der Waals surface area contributed by atoms with E-state index in [0.29, 0.717) is 22.2 Å². The summed E-state index contributed by atoms with van der Waals surface area (Å²) in [5.41, 5.74) is 0.592. The van der Waals surface area contributed by atoms with E-state index in [1.807, 2.05) is 6.92 Å². The molecule has 1 N–H and O–H groups in total. The Morgan fingerprint density at radius 2 is 2.00 bits per heavy atom. The number of thioether (sulfide) groups is 1. The first kappa shape index (κ1) is 20.4. The second kappa shape index (κ2) is 8.76. The monoisotopic (exact) mass is 437 g/mol. The summed E-state index contributed by atoms with van der Waals surface area (Å²) in [6.45, 7) is 1.92. The quantitative estimate of drug-likeness (QED) is 0.424. The molecule has 10 heteroatoms. The number of amides is 1. The highest BCUT2D eigenvalue weighted by atomic mass is 35.5. The van der Waals surface area contributed by atoms with Gasteiger partial charge in [-0.25, -0.2) is 0 Å². The molecule has 1 saturated heterocycles. The Bertz CT molecular complexity index is 1040. The van der Waals surface area contributed by atoms with Crippen molar-refractivity contribution in [2.45, 2.75) is 23.5 Å². The van der Waals surface area contributed by atoms with E-state index in [1.165, 1.54) is 54.4 Å². The van der Waals surface area contributed by atoms with Gasteiger partial charge < -0.3 is 9.50 Å². The zero-order chi connectivity index (χ0) is 20.1. The molecule has 2 aromatic rings. The van der Waals surface area contributed by atoms with Crippen LogP contribution in [0.5, 0.6) is 5.75 Å². The van der Waals surface area contributed by atoms with E-state index in [2.05, 4.69) is 15.5 Å². The Morgan fingerprint density at radius 1 is 1.25 bits per heavy atom. The molecule has 0 radical (unpaired) electrons. The normalized spacial score (nSPS) is 18.6. The number of amidine groups is 1. The van der Waals surface area contributed by atoms with Crippen molar-refractivity contribution < 1.29 is 17.4 Å². The molecule has 0 bridgehead atoms. The Morgan fingerprint density at radius 3 is 2.68 bits per heavy atom. The lowest BCUT2D eigenvalue weighted by molar-refractivity contribution is -0.118. The van der Waals surface area contributed by atoms with Gasteiger partial charge in [0.25, 0.3) is 0 Å². The van der Waals surface area contributed by atoms with E-state index in [-0.39, 0.29) is 21.8 Å². The molecule has 1 fully saturated rings. The second-order valence-electron chi connectivity index (χ2n) is 5.72. The van der Waals surface area contributed by atoms with Gasteiger partial charge in [0.2, 0.25) is 5.91 Å². The maximum atomic E-state index is 12.3. The predicted octanol–water partition coefficient (Wildman–Crippen LogP) is 3.44. The SMILES string of the molecule is CC[C@H]1S/C(=N\N=C/c2cccc(OS(=O)(=O)c3ccc(Cl)cc3)c2)NC1=O. The number of rotatable bonds is 6. The standard InChI is InChI=1S/C18H16ClN3O4S2/c1-2-16-17(23)21-18(27-16)22-20-11-12-4-3-5-14(10-12)26-28(24,25)15-8-6-13(19)7-9-15/h3-11,16H,2H2,1H3,(H,21,22,23)/b20-11-/t16-/m1/s1. The van der Waals surface area contributed by atoms with Crippen molar-refractivity contribution in [3.05, 3.63) is 59.1 Å². The summed E-state index contributed by atoms with van der Waals surface area (Å²) in [7, 11) is -3.98.